The zero-order valence-corrected chi connectivity index (χ0v) is 17.1. The third kappa shape index (κ3) is 5.49. The van der Waals surface area contributed by atoms with Crippen LogP contribution in [0.15, 0.2) is 42.5 Å². The Bertz CT molecular complexity index is 836. The SMILES string of the molecule is CC(=O)NC(CC(=O)NC1CCCc2cc(N)ccc21)c1ccc(C)cc1.Cl. The van der Waals surface area contributed by atoms with E-state index in [2.05, 4.69) is 10.6 Å². The maximum absolute atomic E-state index is 12.7. The van der Waals surface area contributed by atoms with E-state index in [1.807, 2.05) is 49.4 Å². The summed E-state index contributed by atoms with van der Waals surface area (Å²) in [7, 11) is 0. The number of anilines is 1. The Morgan fingerprint density at radius 1 is 1.18 bits per heavy atom. The molecule has 2 atom stereocenters. The molecule has 3 rings (SSSR count). The van der Waals surface area contributed by atoms with Gasteiger partial charge in [-0.3, -0.25) is 9.59 Å². The molecule has 2 aromatic carbocycles. The molecule has 6 heteroatoms. The zero-order chi connectivity index (χ0) is 19.4. The minimum Gasteiger partial charge on any atom is -0.399 e. The first-order valence-electron chi connectivity index (χ1n) is 9.43. The van der Waals surface area contributed by atoms with Crippen molar-refractivity contribution in [2.75, 3.05) is 5.73 Å². The fourth-order valence-corrected chi connectivity index (χ4v) is 3.72. The average Bonchev–Trinajstić information content (AvgIpc) is 2.61. The molecule has 0 spiro atoms. The van der Waals surface area contributed by atoms with Crippen molar-refractivity contribution in [1.29, 1.82) is 0 Å². The number of halogens is 1. The fraction of sp³-hybridized carbons (Fsp3) is 0.364. The molecule has 0 fully saturated rings. The summed E-state index contributed by atoms with van der Waals surface area (Å²) in [6.07, 6.45) is 3.14. The maximum Gasteiger partial charge on any atom is 0.222 e. The fourth-order valence-electron chi connectivity index (χ4n) is 3.72. The van der Waals surface area contributed by atoms with Crippen LogP contribution in [0.4, 0.5) is 5.69 Å². The lowest BCUT2D eigenvalue weighted by molar-refractivity contribution is -0.123. The molecule has 1 aliphatic rings. The van der Waals surface area contributed by atoms with Gasteiger partial charge in [0.2, 0.25) is 11.8 Å². The van der Waals surface area contributed by atoms with Gasteiger partial charge in [0, 0.05) is 12.6 Å². The van der Waals surface area contributed by atoms with Crippen molar-refractivity contribution in [3.63, 3.8) is 0 Å². The van der Waals surface area contributed by atoms with Crippen LogP contribution in [0.5, 0.6) is 0 Å². The number of amides is 2. The zero-order valence-electron chi connectivity index (χ0n) is 16.3. The Hall–Kier alpha value is -2.53. The standard InChI is InChI=1S/C22H27N3O2.ClH/c1-14-6-8-16(9-7-14)21(24-15(2)26)13-22(27)25-20-5-3-4-17-12-18(23)10-11-19(17)20;/h6-12,20-21H,3-5,13,23H2,1-2H3,(H,24,26)(H,25,27);1H. The summed E-state index contributed by atoms with van der Waals surface area (Å²) in [4.78, 5) is 24.3. The van der Waals surface area contributed by atoms with Crippen molar-refractivity contribution in [2.24, 2.45) is 0 Å². The highest BCUT2D eigenvalue weighted by atomic mass is 35.5. The molecule has 28 heavy (non-hydrogen) atoms. The molecule has 1 aliphatic carbocycles. The van der Waals surface area contributed by atoms with Gasteiger partial charge in [-0.05, 0) is 55.0 Å². The molecule has 0 bridgehead atoms. The first-order valence-corrected chi connectivity index (χ1v) is 9.43. The van der Waals surface area contributed by atoms with E-state index in [0.29, 0.717) is 0 Å². The third-order valence-electron chi connectivity index (χ3n) is 5.06. The molecule has 2 amide bonds. The van der Waals surface area contributed by atoms with E-state index in [-0.39, 0.29) is 42.7 Å². The molecule has 2 unspecified atom stereocenters. The topological polar surface area (TPSA) is 84.2 Å². The lowest BCUT2D eigenvalue weighted by atomic mass is 9.87. The van der Waals surface area contributed by atoms with Gasteiger partial charge in [0.05, 0.1) is 18.5 Å². The average molecular weight is 402 g/mol. The van der Waals surface area contributed by atoms with Crippen molar-refractivity contribution in [3.05, 3.63) is 64.7 Å². The van der Waals surface area contributed by atoms with Gasteiger partial charge in [0.1, 0.15) is 0 Å². The monoisotopic (exact) mass is 401 g/mol. The van der Waals surface area contributed by atoms with Crippen LogP contribution >= 0.6 is 12.4 Å². The molecule has 0 saturated carbocycles. The molecular weight excluding hydrogens is 374 g/mol. The van der Waals surface area contributed by atoms with Gasteiger partial charge in [0.25, 0.3) is 0 Å². The minimum atomic E-state index is -0.336. The highest BCUT2D eigenvalue weighted by Crippen LogP contribution is 2.31. The normalized spacial score (nSPS) is 16.3. The number of hydrogen-bond donors (Lipinski definition) is 3. The second-order valence-electron chi connectivity index (χ2n) is 7.34. The number of nitrogens with two attached hydrogens (primary N) is 1. The predicted octanol–water partition coefficient (Wildman–Crippen LogP) is 3.76. The molecule has 0 heterocycles. The highest BCUT2D eigenvalue weighted by Gasteiger charge is 2.24. The van der Waals surface area contributed by atoms with E-state index in [1.54, 1.807) is 0 Å². The van der Waals surface area contributed by atoms with Crippen LogP contribution in [0.2, 0.25) is 0 Å². The molecule has 2 aromatic rings. The van der Waals surface area contributed by atoms with Crippen molar-refractivity contribution in [2.45, 2.75) is 51.6 Å². The van der Waals surface area contributed by atoms with E-state index in [1.165, 1.54) is 12.5 Å². The number of carbonyl (C=O) groups is 2. The summed E-state index contributed by atoms with van der Waals surface area (Å²) in [6.45, 7) is 3.48. The largest absolute Gasteiger partial charge is 0.399 e. The Kier molecular flexibility index (Phi) is 7.46. The summed E-state index contributed by atoms with van der Waals surface area (Å²) in [6, 6.07) is 13.5. The summed E-state index contributed by atoms with van der Waals surface area (Å²) in [5.74, 6) is -0.212. The number of rotatable bonds is 5. The van der Waals surface area contributed by atoms with Gasteiger partial charge in [-0.25, -0.2) is 0 Å². The van der Waals surface area contributed by atoms with E-state index in [0.717, 1.165) is 41.6 Å². The second kappa shape index (κ2) is 9.60. The molecule has 4 N–H and O–H groups in total. The molecule has 0 aromatic heterocycles. The van der Waals surface area contributed by atoms with Crippen molar-refractivity contribution >= 4 is 29.9 Å². The first kappa shape index (κ1) is 21.8. The van der Waals surface area contributed by atoms with Crippen LogP contribution in [0.1, 0.15) is 60.5 Å². The first-order chi connectivity index (χ1) is 12.9. The van der Waals surface area contributed by atoms with Crippen LogP contribution in [0.25, 0.3) is 0 Å². The van der Waals surface area contributed by atoms with E-state index < -0.39 is 0 Å². The third-order valence-corrected chi connectivity index (χ3v) is 5.06. The highest BCUT2D eigenvalue weighted by molar-refractivity contribution is 5.85. The van der Waals surface area contributed by atoms with Crippen molar-refractivity contribution < 1.29 is 9.59 Å². The second-order valence-corrected chi connectivity index (χ2v) is 7.34. The Morgan fingerprint density at radius 2 is 1.89 bits per heavy atom. The van der Waals surface area contributed by atoms with Gasteiger partial charge in [-0.2, -0.15) is 0 Å². The van der Waals surface area contributed by atoms with Gasteiger partial charge in [0.15, 0.2) is 0 Å². The lowest BCUT2D eigenvalue weighted by Crippen LogP contribution is -2.35. The van der Waals surface area contributed by atoms with Gasteiger partial charge in [-0.15, -0.1) is 12.4 Å². The minimum absolute atomic E-state index is 0. The number of fused-ring (bicyclic) bond motifs is 1. The molecule has 0 radical (unpaired) electrons. The Balaban J connectivity index is 0.00000280. The number of benzene rings is 2. The van der Waals surface area contributed by atoms with Gasteiger partial charge in [-0.1, -0.05) is 35.9 Å². The molecule has 0 aliphatic heterocycles. The van der Waals surface area contributed by atoms with Crippen molar-refractivity contribution in [3.8, 4) is 0 Å². The Labute approximate surface area is 172 Å². The number of nitrogen functional groups attached to an aromatic ring is 1. The Morgan fingerprint density at radius 3 is 2.57 bits per heavy atom. The molecule has 0 saturated heterocycles. The molecule has 5 nitrogen and oxygen atoms in total. The maximum atomic E-state index is 12.7. The van der Waals surface area contributed by atoms with Crippen LogP contribution < -0.4 is 16.4 Å². The molecular formula is C22H28ClN3O2. The number of carbonyl (C=O) groups excluding carboxylic acids is 2. The number of aryl methyl sites for hydroxylation is 2. The van der Waals surface area contributed by atoms with Crippen LogP contribution in [-0.4, -0.2) is 11.8 Å². The van der Waals surface area contributed by atoms with Crippen LogP contribution in [0.3, 0.4) is 0 Å². The van der Waals surface area contributed by atoms with E-state index >= 15 is 0 Å². The van der Waals surface area contributed by atoms with Crippen LogP contribution in [-0.2, 0) is 16.0 Å². The lowest BCUT2D eigenvalue weighted by Gasteiger charge is -2.27. The molecule has 150 valence electrons. The van der Waals surface area contributed by atoms with Crippen LogP contribution in [0, 0.1) is 6.92 Å². The number of hydrogen-bond acceptors (Lipinski definition) is 3. The quantitative estimate of drug-likeness (QED) is 0.667. The predicted molar refractivity (Wildman–Crippen MR) is 114 cm³/mol. The van der Waals surface area contributed by atoms with E-state index in [9.17, 15) is 9.59 Å². The van der Waals surface area contributed by atoms with Crippen molar-refractivity contribution in [1.82, 2.24) is 10.6 Å². The summed E-state index contributed by atoms with van der Waals surface area (Å²) in [5, 5.41) is 6.04. The summed E-state index contributed by atoms with van der Waals surface area (Å²) in [5.41, 5.74) is 11.1. The van der Waals surface area contributed by atoms with E-state index in [4.69, 9.17) is 5.73 Å². The smallest absolute Gasteiger partial charge is 0.222 e. The number of nitrogens with one attached hydrogen (secondary N) is 2. The van der Waals surface area contributed by atoms with Gasteiger partial charge < -0.3 is 16.4 Å². The summed E-state index contributed by atoms with van der Waals surface area (Å²) >= 11 is 0. The van der Waals surface area contributed by atoms with Gasteiger partial charge >= 0.3 is 0 Å². The summed E-state index contributed by atoms with van der Waals surface area (Å²) < 4.78 is 0.